The van der Waals surface area contributed by atoms with Crippen LogP contribution < -0.4 is 0 Å². The minimum atomic E-state index is 0.585. The molecule has 0 saturated heterocycles. The number of fused-ring (bicyclic) bond motifs is 2. The number of imidazole rings is 1. The van der Waals surface area contributed by atoms with Crippen LogP contribution in [0.4, 0.5) is 0 Å². The Hall–Kier alpha value is -2.69. The standard InChI is InChI=1S/C19H21N5/c1-14(2)11-12-23-18-10-6-5-9-17(18)20-19(23)13-24-21-15-7-3-4-8-16(15)22-24/h3-10,14H,11-13H2,1-2H3. The quantitative estimate of drug-likeness (QED) is 0.561. The summed E-state index contributed by atoms with van der Waals surface area (Å²) in [6, 6.07) is 16.3. The number of benzene rings is 2. The average molecular weight is 319 g/mol. The van der Waals surface area contributed by atoms with Crippen LogP contribution in [0.3, 0.4) is 0 Å². The fraction of sp³-hybridized carbons (Fsp3) is 0.316. The molecule has 0 saturated carbocycles. The first-order valence-electron chi connectivity index (χ1n) is 8.45. The third-order valence-electron chi connectivity index (χ3n) is 4.27. The predicted molar refractivity (Wildman–Crippen MR) is 95.8 cm³/mol. The van der Waals surface area contributed by atoms with Gasteiger partial charge in [0.05, 0.1) is 11.0 Å². The molecule has 0 unspecified atom stereocenters. The summed E-state index contributed by atoms with van der Waals surface area (Å²) in [5.41, 5.74) is 4.06. The summed E-state index contributed by atoms with van der Waals surface area (Å²) >= 11 is 0. The van der Waals surface area contributed by atoms with E-state index >= 15 is 0 Å². The van der Waals surface area contributed by atoms with E-state index in [9.17, 15) is 0 Å². The normalized spacial score (nSPS) is 11.8. The molecular formula is C19H21N5. The van der Waals surface area contributed by atoms with Gasteiger partial charge in [0.25, 0.3) is 0 Å². The first kappa shape index (κ1) is 14.9. The van der Waals surface area contributed by atoms with E-state index in [-0.39, 0.29) is 0 Å². The molecule has 0 aliphatic carbocycles. The Kier molecular flexibility index (Phi) is 3.76. The molecular weight excluding hydrogens is 298 g/mol. The molecule has 2 aromatic carbocycles. The highest BCUT2D eigenvalue weighted by Crippen LogP contribution is 2.19. The highest BCUT2D eigenvalue weighted by Gasteiger charge is 2.13. The molecule has 24 heavy (non-hydrogen) atoms. The highest BCUT2D eigenvalue weighted by atomic mass is 15.5. The molecule has 2 heterocycles. The van der Waals surface area contributed by atoms with Gasteiger partial charge in [0.15, 0.2) is 0 Å². The Labute approximate surface area is 140 Å². The van der Waals surface area contributed by atoms with Crippen molar-refractivity contribution in [3.63, 3.8) is 0 Å². The number of aryl methyl sites for hydroxylation is 1. The molecule has 0 fully saturated rings. The van der Waals surface area contributed by atoms with E-state index in [0.29, 0.717) is 12.5 Å². The fourth-order valence-corrected chi connectivity index (χ4v) is 2.98. The van der Waals surface area contributed by atoms with E-state index in [4.69, 9.17) is 4.98 Å². The van der Waals surface area contributed by atoms with E-state index < -0.39 is 0 Å². The van der Waals surface area contributed by atoms with Crippen molar-refractivity contribution in [2.75, 3.05) is 0 Å². The van der Waals surface area contributed by atoms with Gasteiger partial charge >= 0.3 is 0 Å². The SMILES string of the molecule is CC(C)CCn1c(Cn2nc3ccccc3n2)nc2ccccc21. The van der Waals surface area contributed by atoms with Crippen LogP contribution in [0.25, 0.3) is 22.1 Å². The topological polar surface area (TPSA) is 48.5 Å². The van der Waals surface area contributed by atoms with Crippen LogP contribution in [0.15, 0.2) is 48.5 Å². The number of nitrogens with zero attached hydrogens (tertiary/aromatic N) is 5. The first-order valence-corrected chi connectivity index (χ1v) is 8.45. The Bertz CT molecular complexity index is 947. The zero-order valence-corrected chi connectivity index (χ0v) is 14.1. The Morgan fingerprint density at radius 2 is 1.50 bits per heavy atom. The van der Waals surface area contributed by atoms with E-state index in [1.54, 1.807) is 4.80 Å². The lowest BCUT2D eigenvalue weighted by atomic mass is 10.1. The van der Waals surface area contributed by atoms with E-state index in [1.165, 1.54) is 5.52 Å². The molecule has 5 nitrogen and oxygen atoms in total. The third-order valence-corrected chi connectivity index (χ3v) is 4.27. The number of hydrogen-bond acceptors (Lipinski definition) is 3. The summed E-state index contributed by atoms with van der Waals surface area (Å²) in [7, 11) is 0. The van der Waals surface area contributed by atoms with Crippen molar-refractivity contribution in [1.29, 1.82) is 0 Å². The molecule has 5 heteroatoms. The van der Waals surface area contributed by atoms with Gasteiger partial charge in [0.1, 0.15) is 23.4 Å². The van der Waals surface area contributed by atoms with Gasteiger partial charge in [-0.1, -0.05) is 38.1 Å². The van der Waals surface area contributed by atoms with E-state index in [1.807, 2.05) is 30.3 Å². The van der Waals surface area contributed by atoms with Gasteiger partial charge < -0.3 is 4.57 Å². The van der Waals surface area contributed by atoms with Gasteiger partial charge in [-0.2, -0.15) is 15.0 Å². The Morgan fingerprint density at radius 1 is 0.875 bits per heavy atom. The Balaban J connectivity index is 1.73. The van der Waals surface area contributed by atoms with Crippen LogP contribution in [0, 0.1) is 5.92 Å². The molecule has 4 aromatic rings. The lowest BCUT2D eigenvalue weighted by molar-refractivity contribution is 0.493. The van der Waals surface area contributed by atoms with Gasteiger partial charge in [-0.3, -0.25) is 0 Å². The maximum Gasteiger partial charge on any atom is 0.133 e. The lowest BCUT2D eigenvalue weighted by Gasteiger charge is -2.10. The van der Waals surface area contributed by atoms with Crippen molar-refractivity contribution in [2.24, 2.45) is 5.92 Å². The number of rotatable bonds is 5. The molecule has 0 aliphatic heterocycles. The van der Waals surface area contributed by atoms with Gasteiger partial charge in [-0.15, -0.1) is 0 Å². The molecule has 0 N–H and O–H groups in total. The maximum absolute atomic E-state index is 4.82. The van der Waals surface area contributed by atoms with Crippen molar-refractivity contribution in [1.82, 2.24) is 24.5 Å². The zero-order valence-electron chi connectivity index (χ0n) is 14.1. The van der Waals surface area contributed by atoms with Crippen molar-refractivity contribution < 1.29 is 0 Å². The van der Waals surface area contributed by atoms with Crippen LogP contribution in [0.5, 0.6) is 0 Å². The zero-order chi connectivity index (χ0) is 16.5. The largest absolute Gasteiger partial charge is 0.326 e. The molecule has 0 spiro atoms. The molecule has 2 aromatic heterocycles. The molecule has 0 bridgehead atoms. The van der Waals surface area contributed by atoms with Crippen molar-refractivity contribution in [2.45, 2.75) is 33.4 Å². The average Bonchev–Trinajstić information content (AvgIpc) is 3.13. The minimum Gasteiger partial charge on any atom is -0.326 e. The maximum atomic E-state index is 4.82. The van der Waals surface area contributed by atoms with E-state index in [2.05, 4.69) is 46.8 Å². The van der Waals surface area contributed by atoms with Gasteiger partial charge in [-0.05, 0) is 36.6 Å². The van der Waals surface area contributed by atoms with Gasteiger partial charge in [0.2, 0.25) is 0 Å². The number of aromatic nitrogens is 5. The fourth-order valence-electron chi connectivity index (χ4n) is 2.98. The monoisotopic (exact) mass is 319 g/mol. The predicted octanol–water partition coefficient (Wildman–Crippen LogP) is 3.88. The van der Waals surface area contributed by atoms with Crippen LogP contribution in [-0.4, -0.2) is 24.5 Å². The number of hydrogen-bond donors (Lipinski definition) is 0. The summed E-state index contributed by atoms with van der Waals surface area (Å²) in [6.45, 7) is 6.05. The van der Waals surface area contributed by atoms with Crippen LogP contribution in [-0.2, 0) is 13.1 Å². The second-order valence-corrected chi connectivity index (χ2v) is 6.57. The second-order valence-electron chi connectivity index (χ2n) is 6.57. The van der Waals surface area contributed by atoms with Crippen LogP contribution in [0.1, 0.15) is 26.1 Å². The van der Waals surface area contributed by atoms with Crippen LogP contribution >= 0.6 is 0 Å². The van der Waals surface area contributed by atoms with Crippen LogP contribution in [0.2, 0.25) is 0 Å². The smallest absolute Gasteiger partial charge is 0.133 e. The summed E-state index contributed by atoms with van der Waals surface area (Å²) in [5, 5.41) is 9.13. The molecule has 0 aliphatic rings. The summed E-state index contributed by atoms with van der Waals surface area (Å²) in [6.07, 6.45) is 1.13. The Morgan fingerprint density at radius 3 is 2.17 bits per heavy atom. The van der Waals surface area contributed by atoms with Crippen molar-refractivity contribution >= 4 is 22.1 Å². The molecule has 0 radical (unpaired) electrons. The number of para-hydroxylation sites is 2. The molecule has 0 amide bonds. The minimum absolute atomic E-state index is 0.585. The van der Waals surface area contributed by atoms with Gasteiger partial charge in [0, 0.05) is 6.54 Å². The second kappa shape index (κ2) is 6.07. The van der Waals surface area contributed by atoms with Crippen molar-refractivity contribution in [3.8, 4) is 0 Å². The van der Waals surface area contributed by atoms with Crippen molar-refractivity contribution in [3.05, 3.63) is 54.4 Å². The summed E-state index contributed by atoms with van der Waals surface area (Å²) in [4.78, 5) is 6.57. The molecule has 122 valence electrons. The molecule has 0 atom stereocenters. The first-order chi connectivity index (χ1) is 11.7. The third kappa shape index (κ3) is 2.77. The molecule has 4 rings (SSSR count). The highest BCUT2D eigenvalue weighted by molar-refractivity contribution is 5.76. The van der Waals surface area contributed by atoms with Gasteiger partial charge in [-0.25, -0.2) is 4.98 Å². The summed E-state index contributed by atoms with van der Waals surface area (Å²) < 4.78 is 2.31. The van der Waals surface area contributed by atoms with E-state index in [0.717, 1.165) is 35.3 Å². The summed E-state index contributed by atoms with van der Waals surface area (Å²) in [5.74, 6) is 1.67. The lowest BCUT2D eigenvalue weighted by Crippen LogP contribution is -2.12.